The van der Waals surface area contributed by atoms with Crippen molar-refractivity contribution < 1.29 is 9.53 Å². The Balaban J connectivity index is 1.97. The first kappa shape index (κ1) is 13.3. The van der Waals surface area contributed by atoms with Crippen LogP contribution in [0.15, 0.2) is 12.3 Å². The minimum atomic E-state index is -0.422. The number of anilines is 1. The number of rotatable bonds is 3. The van der Waals surface area contributed by atoms with E-state index in [-0.39, 0.29) is 12.0 Å². The molecule has 0 radical (unpaired) electrons. The van der Waals surface area contributed by atoms with Crippen LogP contribution >= 0.6 is 11.6 Å². The van der Waals surface area contributed by atoms with E-state index >= 15 is 0 Å². The monoisotopic (exact) mass is 269 g/mol. The van der Waals surface area contributed by atoms with Crippen LogP contribution in [-0.2, 0) is 9.53 Å². The topological polar surface area (TPSA) is 77.2 Å². The first-order valence-electron chi connectivity index (χ1n) is 5.88. The molecular weight excluding hydrogens is 254 g/mol. The Kier molecular flexibility index (Phi) is 4.16. The van der Waals surface area contributed by atoms with Gasteiger partial charge in [-0.15, -0.1) is 0 Å². The van der Waals surface area contributed by atoms with Crippen LogP contribution in [0.2, 0.25) is 5.15 Å². The molecule has 1 aromatic heterocycles. The molecule has 18 heavy (non-hydrogen) atoms. The van der Waals surface area contributed by atoms with Crippen LogP contribution in [0.3, 0.4) is 0 Å². The van der Waals surface area contributed by atoms with E-state index in [1.165, 1.54) is 6.20 Å². The summed E-state index contributed by atoms with van der Waals surface area (Å²) in [6.07, 6.45) is 2.63. The molecule has 0 aliphatic carbocycles. The highest BCUT2D eigenvalue weighted by molar-refractivity contribution is 6.30. The Hall–Kier alpha value is -1.17. The summed E-state index contributed by atoms with van der Waals surface area (Å²) in [7, 11) is 0. The third kappa shape index (κ3) is 2.98. The highest BCUT2D eigenvalue weighted by Crippen LogP contribution is 2.21. The van der Waals surface area contributed by atoms with Gasteiger partial charge >= 0.3 is 0 Å². The van der Waals surface area contributed by atoms with Gasteiger partial charge in [-0.2, -0.15) is 0 Å². The summed E-state index contributed by atoms with van der Waals surface area (Å²) in [5.74, 6) is -0.158. The zero-order chi connectivity index (χ0) is 13.1. The molecule has 3 N–H and O–H groups in total. The number of hydrogen-bond acceptors (Lipinski definition) is 4. The lowest BCUT2D eigenvalue weighted by Crippen LogP contribution is -2.29. The lowest BCUT2D eigenvalue weighted by atomic mass is 10.2. The largest absolute Gasteiger partial charge is 0.364 e. The highest BCUT2D eigenvalue weighted by atomic mass is 35.5. The summed E-state index contributed by atoms with van der Waals surface area (Å²) in [4.78, 5) is 15.9. The highest BCUT2D eigenvalue weighted by Gasteiger charge is 2.29. The zero-order valence-corrected chi connectivity index (χ0v) is 10.9. The fourth-order valence-electron chi connectivity index (χ4n) is 1.92. The van der Waals surface area contributed by atoms with Crippen molar-refractivity contribution in [1.29, 1.82) is 0 Å². The fourth-order valence-corrected chi connectivity index (χ4v) is 2.02. The number of nitrogens with zero attached hydrogens (tertiary/aromatic N) is 1. The molecule has 0 bridgehead atoms. The van der Waals surface area contributed by atoms with Gasteiger partial charge in [0, 0.05) is 6.54 Å². The fraction of sp³-hybridized carbons (Fsp3) is 0.500. The van der Waals surface area contributed by atoms with Crippen LogP contribution in [0.1, 0.15) is 18.4 Å². The van der Waals surface area contributed by atoms with Gasteiger partial charge in [0.2, 0.25) is 0 Å². The third-order valence-corrected chi connectivity index (χ3v) is 3.34. The van der Waals surface area contributed by atoms with E-state index in [2.05, 4.69) is 10.3 Å². The Labute approximate surface area is 111 Å². The Morgan fingerprint density at radius 3 is 3.06 bits per heavy atom. The number of carbonyl (C=O) groups is 1. The van der Waals surface area contributed by atoms with Crippen molar-refractivity contribution in [3.63, 3.8) is 0 Å². The Bertz CT molecular complexity index is 453. The maximum atomic E-state index is 11.9. The Morgan fingerprint density at radius 2 is 2.44 bits per heavy atom. The standard InChI is InChI=1S/C12H16ClN3O2/c1-7-4-8(6-15-11(7)13)16-12(17)10-3-2-9(5-14)18-10/h4,6,9-10H,2-3,5,14H2,1H3,(H,16,17). The van der Waals surface area contributed by atoms with Crippen molar-refractivity contribution in [3.8, 4) is 0 Å². The van der Waals surface area contributed by atoms with Gasteiger partial charge in [0.05, 0.1) is 18.0 Å². The molecule has 1 saturated heterocycles. The van der Waals surface area contributed by atoms with Crippen LogP contribution < -0.4 is 11.1 Å². The normalized spacial score (nSPS) is 23.1. The smallest absolute Gasteiger partial charge is 0.253 e. The summed E-state index contributed by atoms with van der Waals surface area (Å²) in [5.41, 5.74) is 6.95. The average Bonchev–Trinajstić information content (AvgIpc) is 2.82. The molecule has 2 unspecified atom stereocenters. The van der Waals surface area contributed by atoms with Crippen LogP contribution in [0.5, 0.6) is 0 Å². The number of halogens is 1. The minimum absolute atomic E-state index is 0.00849. The van der Waals surface area contributed by atoms with Gasteiger partial charge in [-0.25, -0.2) is 4.98 Å². The minimum Gasteiger partial charge on any atom is -0.364 e. The van der Waals surface area contributed by atoms with E-state index in [1.54, 1.807) is 6.07 Å². The summed E-state index contributed by atoms with van der Waals surface area (Å²) in [5, 5.41) is 3.21. The van der Waals surface area contributed by atoms with E-state index < -0.39 is 6.10 Å². The number of amides is 1. The van der Waals surface area contributed by atoms with E-state index in [0.717, 1.165) is 12.0 Å². The number of carbonyl (C=O) groups excluding carboxylic acids is 1. The number of pyridine rings is 1. The molecule has 2 atom stereocenters. The van der Waals surface area contributed by atoms with Crippen molar-refractivity contribution in [2.24, 2.45) is 5.73 Å². The molecule has 0 saturated carbocycles. The van der Waals surface area contributed by atoms with Crippen molar-refractivity contribution >= 4 is 23.2 Å². The van der Waals surface area contributed by atoms with Crippen LogP contribution in [0, 0.1) is 6.92 Å². The molecule has 5 nitrogen and oxygen atoms in total. The number of ether oxygens (including phenoxy) is 1. The summed E-state index contributed by atoms with van der Waals surface area (Å²) >= 11 is 5.82. The second-order valence-electron chi connectivity index (χ2n) is 4.38. The molecule has 1 fully saturated rings. The molecule has 1 amide bonds. The van der Waals surface area contributed by atoms with Gasteiger partial charge < -0.3 is 15.8 Å². The molecule has 1 aliphatic heterocycles. The van der Waals surface area contributed by atoms with E-state index in [1.807, 2.05) is 6.92 Å². The van der Waals surface area contributed by atoms with Crippen LogP contribution in [0.25, 0.3) is 0 Å². The summed E-state index contributed by atoms with van der Waals surface area (Å²) in [6, 6.07) is 1.78. The lowest BCUT2D eigenvalue weighted by Gasteiger charge is -2.12. The third-order valence-electron chi connectivity index (χ3n) is 2.94. The predicted molar refractivity (Wildman–Crippen MR) is 69.6 cm³/mol. The molecule has 0 aromatic carbocycles. The van der Waals surface area contributed by atoms with E-state index in [0.29, 0.717) is 23.8 Å². The number of hydrogen-bond donors (Lipinski definition) is 2. The predicted octanol–water partition coefficient (Wildman–Crippen LogP) is 1.49. The molecule has 1 aromatic rings. The SMILES string of the molecule is Cc1cc(NC(=O)C2CCC(CN)O2)cnc1Cl. The van der Waals surface area contributed by atoms with Gasteiger partial charge in [-0.3, -0.25) is 4.79 Å². The van der Waals surface area contributed by atoms with Gasteiger partial charge in [-0.1, -0.05) is 11.6 Å². The molecule has 2 rings (SSSR count). The van der Waals surface area contributed by atoms with Crippen molar-refractivity contribution in [2.75, 3.05) is 11.9 Å². The number of aromatic nitrogens is 1. The van der Waals surface area contributed by atoms with Gasteiger partial charge in [0.15, 0.2) is 0 Å². The molecule has 6 heteroatoms. The van der Waals surface area contributed by atoms with Gasteiger partial charge in [-0.05, 0) is 31.4 Å². The molecule has 98 valence electrons. The second-order valence-corrected chi connectivity index (χ2v) is 4.74. The maximum absolute atomic E-state index is 11.9. The molecule has 2 heterocycles. The quantitative estimate of drug-likeness (QED) is 0.815. The van der Waals surface area contributed by atoms with Crippen molar-refractivity contribution in [1.82, 2.24) is 4.98 Å². The lowest BCUT2D eigenvalue weighted by molar-refractivity contribution is -0.126. The van der Waals surface area contributed by atoms with E-state index in [4.69, 9.17) is 22.1 Å². The maximum Gasteiger partial charge on any atom is 0.253 e. The number of aryl methyl sites for hydroxylation is 1. The van der Waals surface area contributed by atoms with Crippen LogP contribution in [0.4, 0.5) is 5.69 Å². The first-order chi connectivity index (χ1) is 8.60. The van der Waals surface area contributed by atoms with Crippen molar-refractivity contribution in [3.05, 3.63) is 23.0 Å². The van der Waals surface area contributed by atoms with Crippen molar-refractivity contribution in [2.45, 2.75) is 32.0 Å². The number of nitrogens with two attached hydrogens (primary N) is 1. The molecular formula is C12H16ClN3O2. The second kappa shape index (κ2) is 5.65. The summed E-state index contributed by atoms with van der Waals surface area (Å²) < 4.78 is 5.52. The summed E-state index contributed by atoms with van der Waals surface area (Å²) in [6.45, 7) is 2.28. The molecule has 1 aliphatic rings. The molecule has 0 spiro atoms. The van der Waals surface area contributed by atoms with Crippen LogP contribution in [-0.4, -0.2) is 29.6 Å². The van der Waals surface area contributed by atoms with Gasteiger partial charge in [0.25, 0.3) is 5.91 Å². The zero-order valence-electron chi connectivity index (χ0n) is 10.1. The number of nitrogens with one attached hydrogen (secondary N) is 1. The average molecular weight is 270 g/mol. The Morgan fingerprint density at radius 1 is 1.67 bits per heavy atom. The van der Waals surface area contributed by atoms with E-state index in [9.17, 15) is 4.79 Å². The van der Waals surface area contributed by atoms with Gasteiger partial charge in [0.1, 0.15) is 11.3 Å². The first-order valence-corrected chi connectivity index (χ1v) is 6.26.